The number of nitrogens with zero attached hydrogens (tertiary/aromatic N) is 4. The Bertz CT molecular complexity index is 733. The van der Waals surface area contributed by atoms with E-state index in [1.54, 1.807) is 0 Å². The van der Waals surface area contributed by atoms with E-state index in [0.717, 1.165) is 19.6 Å². The van der Waals surface area contributed by atoms with Crippen LogP contribution in [0.1, 0.15) is 19.4 Å². The highest BCUT2D eigenvalue weighted by atomic mass is 19.4. The van der Waals surface area contributed by atoms with Gasteiger partial charge in [0.2, 0.25) is 5.95 Å². The maximum absolute atomic E-state index is 13.5. The summed E-state index contributed by atoms with van der Waals surface area (Å²) in [6.07, 6.45) is -6.54. The van der Waals surface area contributed by atoms with Gasteiger partial charge in [-0.3, -0.25) is 4.74 Å². The number of ether oxygens (including phenoxy) is 1. The minimum absolute atomic E-state index is 0.00464. The fourth-order valence-electron chi connectivity index (χ4n) is 2.83. The van der Waals surface area contributed by atoms with Crippen molar-refractivity contribution in [3.05, 3.63) is 18.6 Å². The molecule has 2 heterocycles. The lowest BCUT2D eigenvalue weighted by Crippen LogP contribution is -2.47. The molecule has 1 fully saturated rings. The van der Waals surface area contributed by atoms with Crippen LogP contribution in [0.5, 0.6) is 0 Å². The van der Waals surface area contributed by atoms with E-state index in [9.17, 15) is 27.8 Å². The molecule has 0 aromatic carbocycles. The van der Waals surface area contributed by atoms with Gasteiger partial charge < -0.3 is 14.8 Å². The number of hydrogen-bond acceptors (Lipinski definition) is 6. The summed E-state index contributed by atoms with van der Waals surface area (Å²) in [7, 11) is 0. The summed E-state index contributed by atoms with van der Waals surface area (Å²) in [6, 6.07) is -1.02. The number of hydrogen-bond donors (Lipinski definition) is 2. The zero-order valence-electron chi connectivity index (χ0n) is 11.7. The van der Waals surface area contributed by atoms with Crippen LogP contribution >= 0.6 is 0 Å². The summed E-state index contributed by atoms with van der Waals surface area (Å²) in [5, 5.41) is 20.4. The van der Waals surface area contributed by atoms with Crippen molar-refractivity contribution in [3.8, 4) is 0 Å². The molecule has 0 amide bonds. The second-order valence-corrected chi connectivity index (χ2v) is 5.51. The second kappa shape index (κ2) is 5.08. The lowest BCUT2D eigenvalue weighted by molar-refractivity contribution is -0.358. The third-order valence-electron chi connectivity index (χ3n) is 4.02. The Morgan fingerprint density at radius 1 is 1.35 bits per heavy atom. The van der Waals surface area contributed by atoms with Crippen molar-refractivity contribution in [2.45, 2.75) is 43.6 Å². The first kappa shape index (κ1) is 16.0. The molecule has 1 saturated carbocycles. The molecule has 0 unspecified atom stereocenters. The standard InChI is InChI=1S/C12H12F4N4O3/c1-11(22)6(23-12(14,15)16)2-5(8(11)21)20-4-19-7-9(13)17-3-18-10(7)20/h3-6,8,21-22H,2H2,1H3/t5-,6-,8+,11+/m1/s1. The maximum Gasteiger partial charge on any atom is 0.522 e. The van der Waals surface area contributed by atoms with Gasteiger partial charge in [-0.05, 0) is 6.92 Å². The molecule has 23 heavy (non-hydrogen) atoms. The minimum atomic E-state index is -4.96. The van der Waals surface area contributed by atoms with Crippen LogP contribution in [0.15, 0.2) is 12.7 Å². The number of rotatable bonds is 2. The van der Waals surface area contributed by atoms with Crippen LogP contribution in [0.4, 0.5) is 17.6 Å². The molecule has 2 aromatic rings. The van der Waals surface area contributed by atoms with Gasteiger partial charge in [0.05, 0.1) is 18.5 Å². The fraction of sp³-hybridized carbons (Fsp3) is 0.583. The van der Waals surface area contributed by atoms with Crippen molar-refractivity contribution in [3.63, 3.8) is 0 Å². The number of aromatic nitrogens is 4. The molecule has 2 N–H and O–H groups in total. The van der Waals surface area contributed by atoms with Crippen molar-refractivity contribution in [1.29, 1.82) is 0 Å². The quantitative estimate of drug-likeness (QED) is 0.626. The maximum atomic E-state index is 13.5. The number of halogens is 4. The van der Waals surface area contributed by atoms with Crippen molar-refractivity contribution < 1.29 is 32.5 Å². The summed E-state index contributed by atoms with van der Waals surface area (Å²) >= 11 is 0. The Morgan fingerprint density at radius 2 is 2.04 bits per heavy atom. The Morgan fingerprint density at radius 3 is 2.70 bits per heavy atom. The number of alkyl halides is 3. The van der Waals surface area contributed by atoms with Crippen LogP contribution in [-0.2, 0) is 4.74 Å². The van der Waals surface area contributed by atoms with Gasteiger partial charge in [0.1, 0.15) is 18.0 Å². The van der Waals surface area contributed by atoms with Crippen LogP contribution in [0, 0.1) is 5.95 Å². The zero-order valence-corrected chi connectivity index (χ0v) is 11.7. The average Bonchev–Trinajstić information content (AvgIpc) is 2.94. The van der Waals surface area contributed by atoms with E-state index >= 15 is 0 Å². The van der Waals surface area contributed by atoms with Gasteiger partial charge in [0.15, 0.2) is 11.2 Å². The Balaban J connectivity index is 1.98. The molecule has 3 rings (SSSR count). The van der Waals surface area contributed by atoms with Crippen LogP contribution in [-0.4, -0.2) is 53.9 Å². The first-order chi connectivity index (χ1) is 10.6. The lowest BCUT2D eigenvalue weighted by atomic mass is 10.00. The predicted octanol–water partition coefficient (Wildman–Crippen LogP) is 0.927. The number of imidazole rings is 1. The van der Waals surface area contributed by atoms with Gasteiger partial charge in [-0.15, -0.1) is 13.2 Å². The van der Waals surface area contributed by atoms with Gasteiger partial charge in [0, 0.05) is 6.42 Å². The van der Waals surface area contributed by atoms with Crippen LogP contribution in [0.3, 0.4) is 0 Å². The van der Waals surface area contributed by atoms with Crippen LogP contribution in [0.25, 0.3) is 11.2 Å². The van der Waals surface area contributed by atoms with Crippen molar-refractivity contribution >= 4 is 11.2 Å². The molecule has 1 aliphatic rings. The highest BCUT2D eigenvalue weighted by molar-refractivity contribution is 5.70. The normalized spacial score (nSPS) is 31.9. The number of aliphatic hydroxyl groups is 2. The molecule has 7 nitrogen and oxygen atoms in total. The SMILES string of the molecule is C[C@]1(O)[C@H](OC(F)(F)F)C[C@@H](n2cnc3c(F)ncnc32)[C@@H]1O. The molecule has 2 aromatic heterocycles. The molecule has 0 spiro atoms. The number of fused-ring (bicyclic) bond motifs is 1. The van der Waals surface area contributed by atoms with Crippen molar-refractivity contribution in [2.24, 2.45) is 0 Å². The molecule has 0 radical (unpaired) electrons. The lowest BCUT2D eigenvalue weighted by Gasteiger charge is -2.29. The van der Waals surface area contributed by atoms with Gasteiger partial charge in [-0.2, -0.15) is 4.39 Å². The molecular formula is C12H12F4N4O3. The fourth-order valence-corrected chi connectivity index (χ4v) is 2.83. The molecule has 11 heteroatoms. The van der Waals surface area contributed by atoms with Crippen molar-refractivity contribution in [1.82, 2.24) is 19.5 Å². The largest absolute Gasteiger partial charge is 0.522 e. The summed E-state index contributed by atoms with van der Waals surface area (Å²) < 4.78 is 56.0. The predicted molar refractivity (Wildman–Crippen MR) is 66.5 cm³/mol. The first-order valence-corrected chi connectivity index (χ1v) is 6.59. The van der Waals surface area contributed by atoms with E-state index in [1.807, 2.05) is 0 Å². The third kappa shape index (κ3) is 2.64. The van der Waals surface area contributed by atoms with E-state index in [0.29, 0.717) is 0 Å². The molecule has 0 bridgehead atoms. The molecule has 0 saturated heterocycles. The van der Waals surface area contributed by atoms with E-state index in [4.69, 9.17) is 0 Å². The second-order valence-electron chi connectivity index (χ2n) is 5.51. The Kier molecular flexibility index (Phi) is 3.54. The molecule has 4 atom stereocenters. The third-order valence-corrected chi connectivity index (χ3v) is 4.02. The number of aliphatic hydroxyl groups excluding tert-OH is 1. The smallest absolute Gasteiger partial charge is 0.388 e. The molecule has 0 aliphatic heterocycles. The molecular weight excluding hydrogens is 324 g/mol. The van der Waals surface area contributed by atoms with E-state index in [-0.39, 0.29) is 17.6 Å². The zero-order chi connectivity index (χ0) is 17.0. The van der Waals surface area contributed by atoms with Crippen molar-refractivity contribution in [2.75, 3.05) is 0 Å². The Hall–Kier alpha value is -1.85. The summed E-state index contributed by atoms with van der Waals surface area (Å²) in [6.45, 7) is 1.04. The summed E-state index contributed by atoms with van der Waals surface area (Å²) in [5.41, 5.74) is -2.33. The topological polar surface area (TPSA) is 93.3 Å². The van der Waals surface area contributed by atoms with Gasteiger partial charge in [0.25, 0.3) is 0 Å². The molecule has 1 aliphatic carbocycles. The monoisotopic (exact) mass is 336 g/mol. The molecule has 126 valence electrons. The first-order valence-electron chi connectivity index (χ1n) is 6.59. The Labute approximate surface area is 126 Å². The van der Waals surface area contributed by atoms with Crippen LogP contribution in [0.2, 0.25) is 0 Å². The van der Waals surface area contributed by atoms with Crippen LogP contribution < -0.4 is 0 Å². The average molecular weight is 336 g/mol. The minimum Gasteiger partial charge on any atom is -0.388 e. The van der Waals surface area contributed by atoms with Gasteiger partial charge in [-0.1, -0.05) is 0 Å². The van der Waals surface area contributed by atoms with Gasteiger partial charge >= 0.3 is 6.36 Å². The highest BCUT2D eigenvalue weighted by Crippen LogP contribution is 2.43. The van der Waals surface area contributed by atoms with E-state index < -0.39 is 36.2 Å². The summed E-state index contributed by atoms with van der Waals surface area (Å²) in [5.74, 6) is -0.893. The summed E-state index contributed by atoms with van der Waals surface area (Å²) in [4.78, 5) is 10.9. The highest BCUT2D eigenvalue weighted by Gasteiger charge is 2.55. The van der Waals surface area contributed by atoms with Gasteiger partial charge in [-0.25, -0.2) is 15.0 Å². The van der Waals surface area contributed by atoms with E-state index in [1.165, 1.54) is 4.57 Å². The van der Waals surface area contributed by atoms with E-state index in [2.05, 4.69) is 19.7 Å².